The van der Waals surface area contributed by atoms with Crippen LogP contribution in [0.5, 0.6) is 0 Å². The fourth-order valence-electron chi connectivity index (χ4n) is 2.10. The molecular weight excluding hydrogens is 269 g/mol. The number of amides is 1. The average Bonchev–Trinajstić information content (AvgIpc) is 2.46. The molecule has 0 saturated heterocycles. The van der Waals surface area contributed by atoms with Crippen molar-refractivity contribution in [2.45, 2.75) is 12.3 Å². The molecule has 0 radical (unpaired) electrons. The number of hydrogen-bond donors (Lipinski definition) is 2. The van der Waals surface area contributed by atoms with Crippen molar-refractivity contribution < 1.29 is 9.18 Å². The predicted octanol–water partition coefficient (Wildman–Crippen LogP) is 1.95. The lowest BCUT2D eigenvalue weighted by Crippen LogP contribution is -2.26. The molecular formula is C16H16FN3O. The van der Waals surface area contributed by atoms with Crippen LogP contribution in [0.15, 0.2) is 59.6 Å². The van der Waals surface area contributed by atoms with E-state index in [1.165, 1.54) is 12.1 Å². The van der Waals surface area contributed by atoms with E-state index in [-0.39, 0.29) is 11.8 Å². The number of carbonyl (C=O) groups is 1. The van der Waals surface area contributed by atoms with E-state index < -0.39 is 11.8 Å². The molecule has 0 aliphatic rings. The van der Waals surface area contributed by atoms with Crippen LogP contribution >= 0.6 is 0 Å². The van der Waals surface area contributed by atoms with E-state index in [9.17, 15) is 9.18 Å². The Kier molecular flexibility index (Phi) is 4.66. The van der Waals surface area contributed by atoms with Crippen molar-refractivity contribution in [2.75, 3.05) is 0 Å². The molecule has 2 aromatic rings. The van der Waals surface area contributed by atoms with Gasteiger partial charge in [-0.15, -0.1) is 0 Å². The summed E-state index contributed by atoms with van der Waals surface area (Å²) in [6, 6.07) is 15.3. The topological polar surface area (TPSA) is 81.5 Å². The van der Waals surface area contributed by atoms with Gasteiger partial charge >= 0.3 is 0 Å². The highest BCUT2D eigenvalue weighted by Crippen LogP contribution is 2.23. The van der Waals surface area contributed by atoms with Crippen LogP contribution in [0.3, 0.4) is 0 Å². The van der Waals surface area contributed by atoms with Crippen molar-refractivity contribution >= 4 is 11.9 Å². The summed E-state index contributed by atoms with van der Waals surface area (Å²) in [6.45, 7) is 0. The van der Waals surface area contributed by atoms with Gasteiger partial charge in [-0.05, 0) is 29.7 Å². The molecule has 0 spiro atoms. The maximum atomic E-state index is 13.0. The van der Waals surface area contributed by atoms with E-state index in [1.54, 1.807) is 12.1 Å². The second-order valence-electron chi connectivity index (χ2n) is 4.67. The van der Waals surface area contributed by atoms with Crippen LogP contribution in [0.25, 0.3) is 0 Å². The van der Waals surface area contributed by atoms with E-state index in [0.29, 0.717) is 12.0 Å². The summed E-state index contributed by atoms with van der Waals surface area (Å²) in [6.07, 6.45) is 0.447. The Labute approximate surface area is 122 Å². The monoisotopic (exact) mass is 285 g/mol. The van der Waals surface area contributed by atoms with Crippen LogP contribution in [-0.2, 0) is 11.2 Å². The van der Waals surface area contributed by atoms with E-state index in [4.69, 9.17) is 11.5 Å². The van der Waals surface area contributed by atoms with Gasteiger partial charge in [-0.3, -0.25) is 4.79 Å². The molecule has 0 aliphatic carbocycles. The summed E-state index contributed by atoms with van der Waals surface area (Å²) < 4.78 is 13.0. The van der Waals surface area contributed by atoms with Crippen LogP contribution in [0, 0.1) is 5.82 Å². The third kappa shape index (κ3) is 4.14. The van der Waals surface area contributed by atoms with Crippen molar-refractivity contribution in [3.05, 3.63) is 71.5 Å². The summed E-state index contributed by atoms with van der Waals surface area (Å²) in [7, 11) is 0. The molecule has 0 aliphatic heterocycles. The predicted molar refractivity (Wildman–Crippen MR) is 80.1 cm³/mol. The second kappa shape index (κ2) is 6.65. The lowest BCUT2D eigenvalue weighted by atomic mass is 9.91. The Hall–Kier alpha value is -2.69. The maximum Gasteiger partial charge on any atom is 0.256 e. The van der Waals surface area contributed by atoms with Crippen molar-refractivity contribution in [3.63, 3.8) is 0 Å². The van der Waals surface area contributed by atoms with E-state index >= 15 is 0 Å². The normalized spacial score (nSPS) is 11.7. The van der Waals surface area contributed by atoms with E-state index in [2.05, 4.69) is 4.99 Å². The summed E-state index contributed by atoms with van der Waals surface area (Å²) in [5.74, 6) is -1.62. The molecule has 0 aromatic heterocycles. The molecule has 21 heavy (non-hydrogen) atoms. The summed E-state index contributed by atoms with van der Waals surface area (Å²) >= 11 is 0. The van der Waals surface area contributed by atoms with Crippen LogP contribution < -0.4 is 11.5 Å². The highest BCUT2D eigenvalue weighted by molar-refractivity contribution is 5.95. The minimum absolute atomic E-state index is 0.278. The van der Waals surface area contributed by atoms with Gasteiger partial charge < -0.3 is 11.5 Å². The number of nitrogens with two attached hydrogens (primary N) is 2. The fraction of sp³-hybridized carbons (Fsp3) is 0.125. The Morgan fingerprint density at radius 1 is 1.05 bits per heavy atom. The molecule has 108 valence electrons. The van der Waals surface area contributed by atoms with Crippen molar-refractivity contribution in [2.24, 2.45) is 16.5 Å². The second-order valence-corrected chi connectivity index (χ2v) is 4.67. The van der Waals surface area contributed by atoms with Crippen LogP contribution in [-0.4, -0.2) is 11.9 Å². The number of guanidine groups is 1. The van der Waals surface area contributed by atoms with Gasteiger partial charge in [-0.2, -0.15) is 4.99 Å². The first-order chi connectivity index (χ1) is 10.1. The molecule has 0 unspecified atom stereocenters. The van der Waals surface area contributed by atoms with Crippen LogP contribution in [0.2, 0.25) is 0 Å². The molecule has 1 atom stereocenters. The van der Waals surface area contributed by atoms with Gasteiger partial charge in [0.25, 0.3) is 5.91 Å². The molecule has 5 heteroatoms. The minimum atomic E-state index is -0.546. The van der Waals surface area contributed by atoms with Gasteiger partial charge in [0.2, 0.25) is 0 Å². The lowest BCUT2D eigenvalue weighted by molar-refractivity contribution is -0.119. The van der Waals surface area contributed by atoms with E-state index in [0.717, 1.165) is 5.56 Å². The number of aliphatic imine (C=N–C) groups is 1. The first-order valence-electron chi connectivity index (χ1n) is 6.49. The summed E-state index contributed by atoms with van der Waals surface area (Å²) in [5.41, 5.74) is 12.2. The van der Waals surface area contributed by atoms with Gasteiger partial charge in [0.15, 0.2) is 5.96 Å². The Balaban J connectivity index is 2.32. The molecule has 0 saturated carbocycles. The highest BCUT2D eigenvalue weighted by Gasteiger charge is 2.21. The Bertz CT molecular complexity index is 634. The van der Waals surface area contributed by atoms with E-state index in [1.807, 2.05) is 30.3 Å². The summed E-state index contributed by atoms with van der Waals surface area (Å²) in [4.78, 5) is 15.8. The molecule has 0 heterocycles. The smallest absolute Gasteiger partial charge is 0.256 e. The first-order valence-corrected chi connectivity index (χ1v) is 6.49. The number of benzene rings is 2. The third-order valence-corrected chi connectivity index (χ3v) is 3.09. The van der Waals surface area contributed by atoms with Crippen molar-refractivity contribution in [3.8, 4) is 0 Å². The molecule has 0 fully saturated rings. The Morgan fingerprint density at radius 3 is 2.24 bits per heavy atom. The zero-order chi connectivity index (χ0) is 15.2. The quantitative estimate of drug-likeness (QED) is 0.665. The zero-order valence-electron chi connectivity index (χ0n) is 11.4. The molecule has 2 aromatic carbocycles. The zero-order valence-corrected chi connectivity index (χ0v) is 11.4. The molecule has 2 rings (SSSR count). The molecule has 4 N–H and O–H groups in total. The van der Waals surface area contributed by atoms with Gasteiger partial charge in [0.05, 0.1) is 5.92 Å². The average molecular weight is 285 g/mol. The summed E-state index contributed by atoms with van der Waals surface area (Å²) in [5, 5.41) is 0. The van der Waals surface area contributed by atoms with Gasteiger partial charge in [0, 0.05) is 0 Å². The molecule has 4 nitrogen and oxygen atoms in total. The number of nitrogens with zero attached hydrogens (tertiary/aromatic N) is 1. The maximum absolute atomic E-state index is 13.0. The fourth-order valence-corrected chi connectivity index (χ4v) is 2.10. The van der Waals surface area contributed by atoms with Crippen LogP contribution in [0.1, 0.15) is 17.0 Å². The van der Waals surface area contributed by atoms with Gasteiger partial charge in [0.1, 0.15) is 5.82 Å². The minimum Gasteiger partial charge on any atom is -0.370 e. The first kappa shape index (κ1) is 14.7. The highest BCUT2D eigenvalue weighted by atomic mass is 19.1. The SMILES string of the molecule is NC(N)=NC(=O)[C@@H](Cc1ccccc1)c1ccc(F)cc1. The number of carbonyl (C=O) groups excluding carboxylic acids is 1. The van der Waals surface area contributed by atoms with Gasteiger partial charge in [-0.1, -0.05) is 42.5 Å². The van der Waals surface area contributed by atoms with Crippen molar-refractivity contribution in [1.82, 2.24) is 0 Å². The Morgan fingerprint density at radius 2 is 1.67 bits per heavy atom. The number of halogens is 1. The molecule has 1 amide bonds. The third-order valence-electron chi connectivity index (χ3n) is 3.09. The number of hydrogen-bond acceptors (Lipinski definition) is 1. The molecule has 0 bridgehead atoms. The number of rotatable bonds is 4. The standard InChI is InChI=1S/C16H16FN3O/c17-13-8-6-12(7-9-13)14(15(21)20-16(18)19)10-11-4-2-1-3-5-11/h1-9,14H,10H2,(H4,18,19,20,21)/t14-/m0/s1. The van der Waals surface area contributed by atoms with Gasteiger partial charge in [-0.25, -0.2) is 4.39 Å². The van der Waals surface area contributed by atoms with Crippen molar-refractivity contribution in [1.29, 1.82) is 0 Å². The van der Waals surface area contributed by atoms with Crippen LogP contribution in [0.4, 0.5) is 4.39 Å². The largest absolute Gasteiger partial charge is 0.370 e. The lowest BCUT2D eigenvalue weighted by Gasteiger charge is -2.14.